The van der Waals surface area contributed by atoms with Gasteiger partial charge in [-0.2, -0.15) is 0 Å². The summed E-state index contributed by atoms with van der Waals surface area (Å²) in [5.41, 5.74) is 2.76. The fourth-order valence-corrected chi connectivity index (χ4v) is 3.67. The van der Waals surface area contributed by atoms with Crippen molar-refractivity contribution in [2.24, 2.45) is 5.16 Å². The van der Waals surface area contributed by atoms with Crippen molar-refractivity contribution in [1.29, 1.82) is 0 Å². The van der Waals surface area contributed by atoms with Crippen molar-refractivity contribution in [2.45, 2.75) is 50.3 Å². The number of carboxylic acid groups (broad SMARTS) is 2. The second-order valence-corrected chi connectivity index (χ2v) is 8.50. The number of oxime groups is 1. The van der Waals surface area contributed by atoms with E-state index in [9.17, 15) is 24.3 Å². The van der Waals surface area contributed by atoms with Crippen molar-refractivity contribution in [2.75, 3.05) is 12.3 Å². The Bertz CT molecular complexity index is 954. The summed E-state index contributed by atoms with van der Waals surface area (Å²) in [5.74, 6) is -3.93. The lowest BCUT2D eigenvalue weighted by molar-refractivity contribution is -0.315. The highest BCUT2D eigenvalue weighted by atomic mass is 32.1. The molecule has 0 spiro atoms. The Morgan fingerprint density at radius 1 is 1.39 bits per heavy atom. The number of nitrogen functional groups attached to an aromatic ring is 1. The number of anilines is 1. The predicted molar refractivity (Wildman–Crippen MR) is 105 cm³/mol. The first-order valence-corrected chi connectivity index (χ1v) is 10.1. The molecule has 0 bridgehead atoms. The molecule has 2 aliphatic rings. The number of carbonyl (C=O) groups excluding carboxylic acids is 2. The third kappa shape index (κ3) is 4.16. The van der Waals surface area contributed by atoms with Crippen LogP contribution in [0.4, 0.5) is 5.13 Å². The van der Waals surface area contributed by atoms with Crippen LogP contribution in [0.15, 0.2) is 10.5 Å². The van der Waals surface area contributed by atoms with Gasteiger partial charge < -0.3 is 26.1 Å². The van der Waals surface area contributed by atoms with E-state index in [1.54, 1.807) is 13.8 Å². The summed E-state index contributed by atoms with van der Waals surface area (Å²) >= 11 is 1.03. The van der Waals surface area contributed by atoms with Crippen LogP contribution in [0, 0.1) is 0 Å². The quantitative estimate of drug-likeness (QED) is 0.216. The van der Waals surface area contributed by atoms with Gasteiger partial charge >= 0.3 is 11.9 Å². The number of carbonyl (C=O) groups is 4. The number of β-lactam (4-membered cyclic amide) rings is 1. The maximum absolute atomic E-state index is 12.8. The van der Waals surface area contributed by atoms with Gasteiger partial charge in [-0.1, -0.05) is 5.16 Å². The van der Waals surface area contributed by atoms with Gasteiger partial charge in [-0.25, -0.2) is 19.6 Å². The molecule has 3 rings (SSSR count). The lowest BCUT2D eigenvalue weighted by atomic mass is 9.79. The molecule has 1 aliphatic heterocycles. The molecule has 14 heteroatoms. The lowest BCUT2D eigenvalue weighted by Gasteiger charge is -2.55. The molecule has 31 heavy (non-hydrogen) atoms. The number of nitrogens with zero attached hydrogens (tertiary/aromatic N) is 3. The molecule has 2 heterocycles. The van der Waals surface area contributed by atoms with E-state index in [1.807, 2.05) is 0 Å². The number of aromatic nitrogens is 1. The smallest absolute Gasteiger partial charge is 0.344 e. The van der Waals surface area contributed by atoms with Gasteiger partial charge in [0.2, 0.25) is 6.61 Å². The minimum Gasteiger partial charge on any atom is -0.479 e. The second kappa shape index (κ2) is 8.11. The Balaban J connectivity index is 1.74. The topological polar surface area (TPSA) is 194 Å². The van der Waals surface area contributed by atoms with Gasteiger partial charge in [0.25, 0.3) is 11.8 Å². The molecule has 2 amide bonds. The van der Waals surface area contributed by atoms with E-state index in [-0.39, 0.29) is 29.4 Å². The fourth-order valence-electron chi connectivity index (χ4n) is 3.12. The van der Waals surface area contributed by atoms with Crippen molar-refractivity contribution in [3.05, 3.63) is 11.1 Å². The first-order chi connectivity index (χ1) is 14.5. The molecular formula is C17H21N5O8S. The minimum absolute atomic E-state index is 0.0439. The van der Waals surface area contributed by atoms with Crippen molar-refractivity contribution < 1.29 is 39.1 Å². The molecule has 1 aliphatic carbocycles. The SMILES string of the molecule is CC1(C)C(NC(=O)C(=NOCC(=O)O)c2csc(N)n2)C(=O)N1OC1(C(=O)O)CCC1. The number of rotatable bonds is 9. The van der Waals surface area contributed by atoms with Crippen molar-refractivity contribution in [3.8, 4) is 0 Å². The molecule has 5 N–H and O–H groups in total. The summed E-state index contributed by atoms with van der Waals surface area (Å²) in [7, 11) is 0. The highest BCUT2D eigenvalue weighted by Gasteiger charge is 2.61. The Morgan fingerprint density at radius 3 is 2.52 bits per heavy atom. The number of hydrogen-bond donors (Lipinski definition) is 4. The first kappa shape index (κ1) is 22.4. The molecule has 13 nitrogen and oxygen atoms in total. The summed E-state index contributed by atoms with van der Waals surface area (Å²) in [4.78, 5) is 61.7. The van der Waals surface area contributed by atoms with E-state index < -0.39 is 47.5 Å². The van der Waals surface area contributed by atoms with Gasteiger partial charge in [-0.15, -0.1) is 11.3 Å². The standard InChI is InChI=1S/C17H21N5O8S/c1-16(2)11(13(26)22(16)30-17(14(27)28)4-3-5-17)20-12(25)10(21-29-6-9(23)24)8-7-31-15(18)19-8/h7,11H,3-6H2,1-2H3,(H2,18,19)(H,20,25)(H,23,24)(H,27,28). The zero-order valence-corrected chi connectivity index (χ0v) is 17.5. The van der Waals surface area contributed by atoms with E-state index in [4.69, 9.17) is 15.7 Å². The van der Waals surface area contributed by atoms with Crippen LogP contribution in [0.25, 0.3) is 0 Å². The maximum atomic E-state index is 12.8. The number of carboxylic acids is 2. The number of hydroxylamine groups is 2. The lowest BCUT2D eigenvalue weighted by Crippen LogP contribution is -2.78. The third-order valence-electron chi connectivity index (χ3n) is 5.09. The van der Waals surface area contributed by atoms with Crippen molar-refractivity contribution in [1.82, 2.24) is 15.4 Å². The Hall–Kier alpha value is -3.26. The van der Waals surface area contributed by atoms with Gasteiger partial charge in [0, 0.05) is 5.38 Å². The second-order valence-electron chi connectivity index (χ2n) is 7.62. The molecule has 1 atom stereocenters. The molecule has 1 unspecified atom stereocenters. The van der Waals surface area contributed by atoms with E-state index in [1.165, 1.54) is 5.38 Å². The van der Waals surface area contributed by atoms with Crippen LogP contribution in [0.2, 0.25) is 0 Å². The van der Waals surface area contributed by atoms with Gasteiger partial charge in [0.15, 0.2) is 16.4 Å². The summed E-state index contributed by atoms with van der Waals surface area (Å²) in [6.07, 6.45) is 1.23. The fraction of sp³-hybridized carbons (Fsp3) is 0.529. The number of aliphatic carboxylic acids is 2. The average molecular weight is 455 g/mol. The molecule has 0 radical (unpaired) electrons. The van der Waals surface area contributed by atoms with Crippen LogP contribution < -0.4 is 11.1 Å². The first-order valence-electron chi connectivity index (χ1n) is 9.18. The predicted octanol–water partition coefficient (Wildman–Crippen LogP) is -0.425. The highest BCUT2D eigenvalue weighted by Crippen LogP contribution is 2.42. The van der Waals surface area contributed by atoms with Crippen LogP contribution in [0.5, 0.6) is 0 Å². The molecule has 0 aromatic carbocycles. The van der Waals surface area contributed by atoms with Crippen molar-refractivity contribution in [3.63, 3.8) is 0 Å². The van der Waals surface area contributed by atoms with Crippen LogP contribution in [0.3, 0.4) is 0 Å². The molecule has 1 aromatic heterocycles. The maximum Gasteiger partial charge on any atom is 0.344 e. The monoisotopic (exact) mass is 455 g/mol. The molecule has 1 saturated carbocycles. The third-order valence-corrected chi connectivity index (χ3v) is 5.77. The Labute approximate surface area is 179 Å². The molecule has 1 aromatic rings. The molecular weight excluding hydrogens is 434 g/mol. The largest absolute Gasteiger partial charge is 0.479 e. The Kier molecular flexibility index (Phi) is 5.87. The zero-order chi connectivity index (χ0) is 23.0. The van der Waals surface area contributed by atoms with Crippen LogP contribution >= 0.6 is 11.3 Å². The van der Waals surface area contributed by atoms with E-state index >= 15 is 0 Å². The number of nitrogens with two attached hydrogens (primary N) is 1. The summed E-state index contributed by atoms with van der Waals surface area (Å²) in [6.45, 7) is 2.42. The number of nitrogens with one attached hydrogen (secondary N) is 1. The molecule has 2 fully saturated rings. The summed E-state index contributed by atoms with van der Waals surface area (Å²) < 4.78 is 0. The zero-order valence-electron chi connectivity index (χ0n) is 16.7. The van der Waals surface area contributed by atoms with E-state index in [2.05, 4.69) is 20.3 Å². The van der Waals surface area contributed by atoms with Gasteiger partial charge in [-0.05, 0) is 33.1 Å². The average Bonchev–Trinajstić information content (AvgIpc) is 3.07. The minimum atomic E-state index is -1.45. The normalized spacial score (nSPS) is 21.6. The Morgan fingerprint density at radius 2 is 2.06 bits per heavy atom. The van der Waals surface area contributed by atoms with Gasteiger partial charge in [0.1, 0.15) is 11.7 Å². The van der Waals surface area contributed by atoms with E-state index in [0.29, 0.717) is 6.42 Å². The summed E-state index contributed by atoms with van der Waals surface area (Å²) in [6, 6.07) is -1.05. The highest BCUT2D eigenvalue weighted by molar-refractivity contribution is 7.13. The summed E-state index contributed by atoms with van der Waals surface area (Å²) in [5, 5.41) is 26.7. The van der Waals surface area contributed by atoms with Gasteiger partial charge in [0.05, 0.1) is 5.54 Å². The number of hydrogen-bond acceptors (Lipinski definition) is 10. The number of thiazole rings is 1. The van der Waals surface area contributed by atoms with Crippen LogP contribution in [-0.4, -0.2) is 73.5 Å². The number of amides is 2. The molecule has 168 valence electrons. The van der Waals surface area contributed by atoms with Gasteiger partial charge in [-0.3, -0.25) is 14.4 Å². The van der Waals surface area contributed by atoms with E-state index in [0.717, 1.165) is 16.4 Å². The van der Waals surface area contributed by atoms with Crippen molar-refractivity contribution >= 4 is 45.9 Å². The van der Waals surface area contributed by atoms with Crippen LogP contribution in [-0.2, 0) is 28.9 Å². The van der Waals surface area contributed by atoms with Crippen LogP contribution in [0.1, 0.15) is 38.8 Å². The molecule has 1 saturated heterocycles.